The van der Waals surface area contributed by atoms with Crippen molar-refractivity contribution < 1.29 is 27.5 Å². The van der Waals surface area contributed by atoms with Crippen LogP contribution >= 0.6 is 0 Å². The van der Waals surface area contributed by atoms with Crippen LogP contribution in [-0.2, 0) is 4.79 Å². The fourth-order valence-electron chi connectivity index (χ4n) is 6.91. The van der Waals surface area contributed by atoms with Crippen molar-refractivity contribution in [3.63, 3.8) is 0 Å². The molecule has 1 heterocycles. The zero-order valence-corrected chi connectivity index (χ0v) is 26.3. The third-order valence-electron chi connectivity index (χ3n) is 8.94. The average molecular weight is 642 g/mol. The molecule has 4 aromatic rings. The lowest BCUT2D eigenvalue weighted by atomic mass is 9.85. The Balaban J connectivity index is 1.45. The first kappa shape index (κ1) is 32.3. The van der Waals surface area contributed by atoms with Crippen LogP contribution in [0.2, 0.25) is 0 Å². The van der Waals surface area contributed by atoms with Crippen molar-refractivity contribution in [2.75, 3.05) is 25.0 Å². The van der Waals surface area contributed by atoms with Crippen molar-refractivity contribution in [1.82, 2.24) is 10.2 Å². The number of carbonyl (C=O) groups is 2. The predicted octanol–water partition coefficient (Wildman–Crippen LogP) is 8.85. The quantitative estimate of drug-likeness (QED) is 0.182. The number of piperidine rings is 1. The van der Waals surface area contributed by atoms with Crippen LogP contribution in [0, 0.1) is 0 Å². The topological polar surface area (TPSA) is 70.7 Å². The maximum atomic E-state index is 13.9. The van der Waals surface area contributed by atoms with Crippen molar-refractivity contribution in [1.29, 1.82) is 0 Å². The van der Waals surface area contributed by atoms with Crippen LogP contribution in [0.3, 0.4) is 0 Å². The third kappa shape index (κ3) is 7.05. The van der Waals surface area contributed by atoms with Crippen LogP contribution in [0.5, 0.6) is 11.5 Å². The highest BCUT2D eigenvalue weighted by Gasteiger charge is 2.41. The smallest absolute Gasteiger partial charge is 0.405 e. The predicted molar refractivity (Wildman–Crippen MR) is 177 cm³/mol. The summed E-state index contributed by atoms with van der Waals surface area (Å²) in [5.74, 6) is -1.13. The first-order chi connectivity index (χ1) is 22.7. The molecule has 0 radical (unpaired) electrons. The average Bonchev–Trinajstić information content (AvgIpc) is 3.43. The molecule has 1 aliphatic carbocycles. The standard InChI is InChI=1S/C38H38F3N3O3/c1-2-13-31(44-22-11-4-12-23-44)28-20-21-30(43-36(45)29-18-9-10-19-32(29)47-25-14-5-3-6-15-25)33-26-16-7-8-17-27(26)35(34(28)33)37(46)42-24-38(39,40)41/h3,5-10,14-21,31,35H,2,4,11-13,22-24H2,1H3,(H,42,46)(H,43,45). The lowest BCUT2D eigenvalue weighted by molar-refractivity contribution is -0.138. The number of likely N-dealkylation sites (tertiary alicyclic amines) is 1. The summed E-state index contributed by atoms with van der Waals surface area (Å²) in [5.41, 5.74) is 4.37. The van der Waals surface area contributed by atoms with E-state index < -0.39 is 30.5 Å². The van der Waals surface area contributed by atoms with Gasteiger partial charge in [-0.3, -0.25) is 14.5 Å². The Labute approximate surface area is 272 Å². The number of nitrogens with one attached hydrogen (secondary N) is 2. The summed E-state index contributed by atoms with van der Waals surface area (Å²) in [6.45, 7) is 2.51. The number of amides is 2. The molecule has 0 bridgehead atoms. The minimum atomic E-state index is -4.55. The van der Waals surface area contributed by atoms with E-state index >= 15 is 0 Å². The van der Waals surface area contributed by atoms with Gasteiger partial charge >= 0.3 is 6.18 Å². The number of rotatable bonds is 10. The largest absolute Gasteiger partial charge is 0.457 e. The fraction of sp³-hybridized carbons (Fsp3) is 0.316. The van der Waals surface area contributed by atoms with Gasteiger partial charge in [0.15, 0.2) is 0 Å². The number of benzene rings is 4. The summed E-state index contributed by atoms with van der Waals surface area (Å²) < 4.78 is 46.0. The van der Waals surface area contributed by atoms with E-state index in [4.69, 9.17) is 4.74 Å². The highest BCUT2D eigenvalue weighted by molar-refractivity contribution is 6.10. The van der Waals surface area contributed by atoms with Crippen LogP contribution in [0.15, 0.2) is 91.0 Å². The van der Waals surface area contributed by atoms with E-state index in [-0.39, 0.29) is 6.04 Å². The molecule has 1 saturated heterocycles. The summed E-state index contributed by atoms with van der Waals surface area (Å²) >= 11 is 0. The minimum Gasteiger partial charge on any atom is -0.457 e. The van der Waals surface area contributed by atoms with Gasteiger partial charge in [0, 0.05) is 17.3 Å². The van der Waals surface area contributed by atoms with Gasteiger partial charge in [0.05, 0.1) is 11.5 Å². The van der Waals surface area contributed by atoms with E-state index in [9.17, 15) is 22.8 Å². The van der Waals surface area contributed by atoms with Gasteiger partial charge in [0.2, 0.25) is 5.91 Å². The lowest BCUT2D eigenvalue weighted by Crippen LogP contribution is -2.38. The molecule has 4 aromatic carbocycles. The summed E-state index contributed by atoms with van der Waals surface area (Å²) in [5, 5.41) is 5.23. The van der Waals surface area contributed by atoms with Crippen LogP contribution < -0.4 is 15.4 Å². The Hall–Kier alpha value is -4.63. The van der Waals surface area contributed by atoms with E-state index in [1.165, 1.54) is 0 Å². The Kier molecular flexibility index (Phi) is 9.63. The number of fused-ring (bicyclic) bond motifs is 3. The van der Waals surface area contributed by atoms with E-state index in [2.05, 4.69) is 22.5 Å². The van der Waals surface area contributed by atoms with Crippen molar-refractivity contribution >= 4 is 17.5 Å². The Bertz CT molecular complexity index is 1740. The molecule has 2 unspecified atom stereocenters. The number of carbonyl (C=O) groups excluding carboxylic acids is 2. The number of alkyl halides is 3. The molecule has 47 heavy (non-hydrogen) atoms. The summed E-state index contributed by atoms with van der Waals surface area (Å²) in [4.78, 5) is 30.1. The van der Waals surface area contributed by atoms with Crippen molar-refractivity contribution in [3.8, 4) is 22.6 Å². The van der Waals surface area contributed by atoms with Gasteiger partial charge in [-0.05, 0) is 84.9 Å². The van der Waals surface area contributed by atoms with Crippen molar-refractivity contribution in [2.24, 2.45) is 0 Å². The van der Waals surface area contributed by atoms with Crippen LogP contribution in [-0.4, -0.2) is 42.5 Å². The van der Waals surface area contributed by atoms with Crippen molar-refractivity contribution in [3.05, 3.63) is 113 Å². The molecule has 2 amide bonds. The Morgan fingerprint density at radius 3 is 2.34 bits per heavy atom. The minimum absolute atomic E-state index is 0.0222. The van der Waals surface area contributed by atoms with Gasteiger partial charge in [-0.25, -0.2) is 0 Å². The second-order valence-corrected chi connectivity index (χ2v) is 12.1. The highest BCUT2D eigenvalue weighted by atomic mass is 19.4. The van der Waals surface area contributed by atoms with Crippen LogP contribution in [0.1, 0.15) is 78.0 Å². The second kappa shape index (κ2) is 14.0. The zero-order valence-electron chi connectivity index (χ0n) is 26.3. The molecule has 0 saturated carbocycles. The van der Waals surface area contributed by atoms with Gasteiger partial charge in [-0.15, -0.1) is 0 Å². The molecule has 9 heteroatoms. The lowest BCUT2D eigenvalue weighted by Gasteiger charge is -2.36. The Morgan fingerprint density at radius 2 is 1.60 bits per heavy atom. The summed E-state index contributed by atoms with van der Waals surface area (Å²) in [6, 6.07) is 27.2. The van der Waals surface area contributed by atoms with Gasteiger partial charge in [-0.1, -0.05) is 80.4 Å². The number of anilines is 1. The maximum Gasteiger partial charge on any atom is 0.405 e. The fourth-order valence-corrected chi connectivity index (χ4v) is 6.91. The molecule has 2 aliphatic rings. The molecular weight excluding hydrogens is 603 g/mol. The number of hydrogen-bond acceptors (Lipinski definition) is 4. The molecule has 6 nitrogen and oxygen atoms in total. The number of halogens is 3. The number of nitrogens with zero attached hydrogens (tertiary/aromatic N) is 1. The molecule has 6 rings (SSSR count). The van der Waals surface area contributed by atoms with Gasteiger partial charge in [-0.2, -0.15) is 13.2 Å². The zero-order chi connectivity index (χ0) is 33.0. The SMILES string of the molecule is CCCC(c1ccc(NC(=O)c2ccccc2Oc2ccccc2)c2c1C(C(=O)NCC(F)(F)F)c1ccccc1-2)N1CCCCC1. The first-order valence-electron chi connectivity index (χ1n) is 16.2. The monoisotopic (exact) mass is 641 g/mol. The molecule has 1 fully saturated rings. The number of ether oxygens (including phenoxy) is 1. The molecular formula is C38H38F3N3O3. The van der Waals surface area contributed by atoms with Crippen LogP contribution in [0.4, 0.5) is 18.9 Å². The highest BCUT2D eigenvalue weighted by Crippen LogP contribution is 2.52. The van der Waals surface area contributed by atoms with Gasteiger partial charge in [0.1, 0.15) is 18.0 Å². The Morgan fingerprint density at radius 1 is 0.894 bits per heavy atom. The summed E-state index contributed by atoms with van der Waals surface area (Å²) in [7, 11) is 0. The molecule has 2 atom stereocenters. The maximum absolute atomic E-state index is 13.9. The normalized spacial score (nSPS) is 16.6. The second-order valence-electron chi connectivity index (χ2n) is 12.1. The molecule has 0 spiro atoms. The molecule has 244 valence electrons. The van der Waals surface area contributed by atoms with Crippen LogP contribution in [0.25, 0.3) is 11.1 Å². The van der Waals surface area contributed by atoms with Gasteiger partial charge in [0.25, 0.3) is 5.91 Å². The summed E-state index contributed by atoms with van der Waals surface area (Å²) in [6.07, 6.45) is 0.457. The third-order valence-corrected chi connectivity index (χ3v) is 8.94. The van der Waals surface area contributed by atoms with Gasteiger partial charge < -0.3 is 15.4 Å². The number of hydrogen-bond donors (Lipinski definition) is 2. The van der Waals surface area contributed by atoms with E-state index in [1.54, 1.807) is 48.5 Å². The van der Waals surface area contributed by atoms with E-state index in [0.717, 1.165) is 56.3 Å². The van der Waals surface area contributed by atoms with E-state index in [0.29, 0.717) is 39.4 Å². The first-order valence-corrected chi connectivity index (χ1v) is 16.2. The number of para-hydroxylation sites is 2. The molecule has 0 aromatic heterocycles. The molecule has 1 aliphatic heterocycles. The van der Waals surface area contributed by atoms with Crippen molar-refractivity contribution in [2.45, 2.75) is 57.2 Å². The molecule has 2 N–H and O–H groups in total. The van der Waals surface area contributed by atoms with E-state index in [1.807, 2.05) is 42.5 Å².